The highest BCUT2D eigenvalue weighted by atomic mass is 32.1. The second-order valence-electron chi connectivity index (χ2n) is 6.36. The number of amides is 3. The van der Waals surface area contributed by atoms with Gasteiger partial charge in [-0.25, -0.2) is 4.79 Å². The molecule has 31 heavy (non-hydrogen) atoms. The van der Waals surface area contributed by atoms with Crippen LogP contribution in [-0.2, 0) is 28.8 Å². The number of nitrogens with one attached hydrogen (secondary N) is 3. The average molecular weight is 483 g/mol. The van der Waals surface area contributed by atoms with Gasteiger partial charge in [0.2, 0.25) is 17.7 Å². The van der Waals surface area contributed by atoms with Crippen molar-refractivity contribution in [2.75, 3.05) is 11.5 Å². The van der Waals surface area contributed by atoms with Gasteiger partial charge in [0.05, 0.1) is 6.04 Å². The summed E-state index contributed by atoms with van der Waals surface area (Å²) >= 11 is 7.82. The number of thiol groups is 2. The monoisotopic (exact) mass is 482 g/mol. The third-order valence-electron chi connectivity index (χ3n) is 3.89. The minimum Gasteiger partial charge on any atom is -0.481 e. The van der Waals surface area contributed by atoms with Crippen LogP contribution < -0.4 is 21.7 Å². The molecule has 0 aromatic rings. The topological polar surface area (TPSA) is 225 Å². The van der Waals surface area contributed by atoms with Crippen molar-refractivity contribution in [3.05, 3.63) is 0 Å². The fraction of sp³-hybridized carbons (Fsp3) is 0.625. The zero-order valence-electron chi connectivity index (χ0n) is 16.3. The van der Waals surface area contributed by atoms with Gasteiger partial charge in [0, 0.05) is 24.3 Å². The lowest BCUT2D eigenvalue weighted by Crippen LogP contribution is -2.57. The zero-order valence-corrected chi connectivity index (χ0v) is 18.1. The zero-order chi connectivity index (χ0) is 24.1. The molecule has 8 N–H and O–H groups in total. The number of carboxylic acids is 3. The number of hydrogen-bond donors (Lipinski definition) is 9. The van der Waals surface area contributed by atoms with Crippen LogP contribution in [0.15, 0.2) is 0 Å². The van der Waals surface area contributed by atoms with Gasteiger partial charge in [0.15, 0.2) is 0 Å². The van der Waals surface area contributed by atoms with Gasteiger partial charge >= 0.3 is 17.9 Å². The van der Waals surface area contributed by atoms with E-state index < -0.39 is 79.1 Å². The number of carbonyl (C=O) groups excluding carboxylic acids is 3. The van der Waals surface area contributed by atoms with Crippen molar-refractivity contribution in [3.63, 3.8) is 0 Å². The largest absolute Gasteiger partial charge is 0.481 e. The van der Waals surface area contributed by atoms with E-state index in [4.69, 9.17) is 21.1 Å². The molecule has 4 atom stereocenters. The normalized spacial score (nSPS) is 14.4. The van der Waals surface area contributed by atoms with Crippen LogP contribution >= 0.6 is 25.3 Å². The molecule has 13 nitrogen and oxygen atoms in total. The molecule has 0 aliphatic heterocycles. The standard InChI is InChI=1S/C16H26N4O9S2/c17-7(5-30)13(25)20-10(6-31)15(27)18-8(1-3-11(21)22)14(26)19-9(16(28)29)2-4-12(23)24/h7-10,30-31H,1-6,17H2,(H,18,27)(H,19,26)(H,20,25)(H,21,22)(H,23,24)(H,28,29). The third-order valence-corrected chi connectivity index (χ3v) is 4.65. The first-order valence-corrected chi connectivity index (χ1v) is 10.2. The lowest BCUT2D eigenvalue weighted by Gasteiger charge is -2.24. The molecule has 0 fully saturated rings. The molecule has 176 valence electrons. The predicted molar refractivity (Wildman–Crippen MR) is 113 cm³/mol. The maximum atomic E-state index is 12.5. The molecule has 0 bridgehead atoms. The molecule has 3 amide bonds. The maximum absolute atomic E-state index is 12.5. The summed E-state index contributed by atoms with van der Waals surface area (Å²) < 4.78 is 0. The van der Waals surface area contributed by atoms with Crippen molar-refractivity contribution < 1.29 is 44.1 Å². The third kappa shape index (κ3) is 11.4. The minimum atomic E-state index is -1.57. The van der Waals surface area contributed by atoms with E-state index in [0.717, 1.165) is 0 Å². The Labute approximate surface area is 188 Å². The number of aliphatic carboxylic acids is 3. The summed E-state index contributed by atoms with van der Waals surface area (Å²) in [5, 5.41) is 33.3. The molecule has 0 aromatic carbocycles. The Kier molecular flexibility index (Phi) is 13.3. The molecule has 0 heterocycles. The van der Waals surface area contributed by atoms with E-state index in [0.29, 0.717) is 0 Å². The molecule has 0 rings (SSSR count). The van der Waals surface area contributed by atoms with Crippen LogP contribution in [0.4, 0.5) is 0 Å². The predicted octanol–water partition coefficient (Wildman–Crippen LogP) is -2.56. The lowest BCUT2D eigenvalue weighted by molar-refractivity contribution is -0.144. The summed E-state index contributed by atoms with van der Waals surface area (Å²) in [5.41, 5.74) is 5.51. The van der Waals surface area contributed by atoms with E-state index in [9.17, 15) is 28.8 Å². The molecule has 0 saturated carbocycles. The summed E-state index contributed by atoms with van der Waals surface area (Å²) in [6, 6.07) is -5.26. The molecule has 4 unspecified atom stereocenters. The smallest absolute Gasteiger partial charge is 0.326 e. The van der Waals surface area contributed by atoms with Gasteiger partial charge in [-0.2, -0.15) is 25.3 Å². The Morgan fingerprint density at radius 3 is 1.52 bits per heavy atom. The molecule has 0 saturated heterocycles. The van der Waals surface area contributed by atoms with Gasteiger partial charge in [-0.15, -0.1) is 0 Å². The molecular formula is C16H26N4O9S2. The second-order valence-corrected chi connectivity index (χ2v) is 7.09. The van der Waals surface area contributed by atoms with Crippen molar-refractivity contribution in [3.8, 4) is 0 Å². The molecule has 15 heteroatoms. The first kappa shape index (κ1) is 28.5. The Balaban J connectivity index is 5.33. The highest BCUT2D eigenvalue weighted by Crippen LogP contribution is 2.04. The molecular weight excluding hydrogens is 456 g/mol. The SMILES string of the molecule is NC(CS)C(=O)NC(CS)C(=O)NC(CCC(=O)O)C(=O)NC(CCC(=O)O)C(=O)O. The number of rotatable bonds is 15. The van der Waals surface area contributed by atoms with Gasteiger partial charge in [-0.3, -0.25) is 24.0 Å². The van der Waals surface area contributed by atoms with Crippen LogP contribution in [-0.4, -0.2) is 86.6 Å². The fourth-order valence-electron chi connectivity index (χ4n) is 2.16. The van der Waals surface area contributed by atoms with Gasteiger partial charge in [0.25, 0.3) is 0 Å². The van der Waals surface area contributed by atoms with Crippen molar-refractivity contribution in [1.29, 1.82) is 0 Å². The van der Waals surface area contributed by atoms with E-state index >= 15 is 0 Å². The highest BCUT2D eigenvalue weighted by Gasteiger charge is 2.30. The fourth-order valence-corrected chi connectivity index (χ4v) is 2.59. The highest BCUT2D eigenvalue weighted by molar-refractivity contribution is 7.80. The van der Waals surface area contributed by atoms with E-state index in [2.05, 4.69) is 41.2 Å². The Hall–Kier alpha value is -2.52. The number of carboxylic acid groups (broad SMARTS) is 3. The summed E-state index contributed by atoms with van der Waals surface area (Å²) in [7, 11) is 0. The van der Waals surface area contributed by atoms with Crippen molar-refractivity contribution >= 4 is 60.9 Å². The van der Waals surface area contributed by atoms with Crippen LogP contribution in [0.1, 0.15) is 25.7 Å². The Bertz CT molecular complexity index is 692. The maximum Gasteiger partial charge on any atom is 0.326 e. The van der Waals surface area contributed by atoms with Crippen LogP contribution in [0.3, 0.4) is 0 Å². The van der Waals surface area contributed by atoms with Gasteiger partial charge in [0.1, 0.15) is 18.1 Å². The minimum absolute atomic E-state index is 0.00328. The Morgan fingerprint density at radius 2 is 1.10 bits per heavy atom. The first-order valence-electron chi connectivity index (χ1n) is 8.97. The Morgan fingerprint density at radius 1 is 0.677 bits per heavy atom. The molecule has 0 spiro atoms. The average Bonchev–Trinajstić information content (AvgIpc) is 2.70. The van der Waals surface area contributed by atoms with Crippen molar-refractivity contribution in [1.82, 2.24) is 16.0 Å². The van der Waals surface area contributed by atoms with E-state index in [1.54, 1.807) is 0 Å². The molecule has 0 aliphatic rings. The summed E-state index contributed by atoms with van der Waals surface area (Å²) in [5.74, 6) is -6.82. The van der Waals surface area contributed by atoms with Gasteiger partial charge in [-0.1, -0.05) is 0 Å². The quantitative estimate of drug-likeness (QED) is 0.111. The first-order chi connectivity index (χ1) is 14.4. The van der Waals surface area contributed by atoms with Gasteiger partial charge < -0.3 is 37.0 Å². The summed E-state index contributed by atoms with van der Waals surface area (Å²) in [6.45, 7) is 0. The van der Waals surface area contributed by atoms with Gasteiger partial charge in [-0.05, 0) is 12.8 Å². The van der Waals surface area contributed by atoms with Crippen LogP contribution in [0.25, 0.3) is 0 Å². The van der Waals surface area contributed by atoms with Crippen LogP contribution in [0.5, 0.6) is 0 Å². The lowest BCUT2D eigenvalue weighted by atomic mass is 10.1. The number of hydrogen-bond acceptors (Lipinski definition) is 9. The van der Waals surface area contributed by atoms with E-state index in [-0.39, 0.29) is 17.9 Å². The van der Waals surface area contributed by atoms with Crippen molar-refractivity contribution in [2.24, 2.45) is 5.73 Å². The number of nitrogens with two attached hydrogens (primary N) is 1. The van der Waals surface area contributed by atoms with Crippen LogP contribution in [0.2, 0.25) is 0 Å². The van der Waals surface area contributed by atoms with Crippen molar-refractivity contribution in [2.45, 2.75) is 49.9 Å². The van der Waals surface area contributed by atoms with E-state index in [1.165, 1.54) is 0 Å². The molecule has 0 radical (unpaired) electrons. The summed E-state index contributed by atoms with van der Waals surface area (Å²) in [6.07, 6.45) is -1.88. The molecule has 0 aromatic heterocycles. The van der Waals surface area contributed by atoms with Crippen LogP contribution in [0, 0.1) is 0 Å². The second kappa shape index (κ2) is 14.5. The summed E-state index contributed by atoms with van der Waals surface area (Å²) in [4.78, 5) is 69.6. The van der Waals surface area contributed by atoms with E-state index in [1.807, 2.05) is 0 Å². The number of carbonyl (C=O) groups is 6. The molecule has 0 aliphatic carbocycles.